The van der Waals surface area contributed by atoms with Crippen LogP contribution in [-0.4, -0.2) is 55.9 Å². The SMILES string of the molecule is CCCCCCCCCCCCCCCC=CCC1C/C2=N\CCCNCCNCCCN2C1=O. The summed E-state index contributed by atoms with van der Waals surface area (Å²) < 4.78 is 0. The van der Waals surface area contributed by atoms with E-state index in [1.165, 1.54) is 83.5 Å². The van der Waals surface area contributed by atoms with Gasteiger partial charge in [-0.15, -0.1) is 0 Å². The van der Waals surface area contributed by atoms with Crippen LogP contribution in [0, 0.1) is 5.92 Å². The molecule has 2 aliphatic rings. The summed E-state index contributed by atoms with van der Waals surface area (Å²) in [6.07, 6.45) is 27.7. The third-order valence-electron chi connectivity index (χ3n) is 7.44. The molecule has 1 unspecified atom stereocenters. The second-order valence-corrected chi connectivity index (χ2v) is 10.6. The van der Waals surface area contributed by atoms with Gasteiger partial charge in [0.05, 0.1) is 0 Å². The molecule has 0 spiro atoms. The largest absolute Gasteiger partial charge is 0.315 e. The average molecular weight is 489 g/mol. The Morgan fingerprint density at radius 3 is 2.06 bits per heavy atom. The van der Waals surface area contributed by atoms with Crippen LogP contribution in [0.4, 0.5) is 0 Å². The van der Waals surface area contributed by atoms with Crippen molar-refractivity contribution in [3.05, 3.63) is 12.2 Å². The fraction of sp³-hybridized carbons (Fsp3) is 0.867. The highest BCUT2D eigenvalue weighted by atomic mass is 16.2. The molecule has 1 amide bonds. The minimum atomic E-state index is 0.0932. The highest BCUT2D eigenvalue weighted by molar-refractivity contribution is 6.06. The second kappa shape index (κ2) is 20.9. The van der Waals surface area contributed by atoms with E-state index in [0.717, 1.165) is 77.2 Å². The topological polar surface area (TPSA) is 56.7 Å². The first-order valence-corrected chi connectivity index (χ1v) is 15.2. The van der Waals surface area contributed by atoms with E-state index >= 15 is 0 Å². The highest BCUT2D eigenvalue weighted by Crippen LogP contribution is 2.25. The van der Waals surface area contributed by atoms with Crippen molar-refractivity contribution in [1.29, 1.82) is 0 Å². The molecule has 0 aromatic carbocycles. The molecule has 2 rings (SSSR count). The van der Waals surface area contributed by atoms with Gasteiger partial charge in [-0.3, -0.25) is 9.79 Å². The Morgan fingerprint density at radius 1 is 0.800 bits per heavy atom. The molecule has 0 aliphatic carbocycles. The number of carbonyl (C=O) groups excluding carboxylic acids is 1. The number of aliphatic imine (C=N–C) groups is 1. The van der Waals surface area contributed by atoms with Crippen LogP contribution in [0.2, 0.25) is 0 Å². The van der Waals surface area contributed by atoms with E-state index in [-0.39, 0.29) is 5.92 Å². The van der Waals surface area contributed by atoms with Gasteiger partial charge in [-0.2, -0.15) is 0 Å². The number of fused-ring (bicyclic) bond motifs is 1. The molecule has 0 radical (unpaired) electrons. The monoisotopic (exact) mass is 488 g/mol. The van der Waals surface area contributed by atoms with Crippen molar-refractivity contribution in [3.8, 4) is 0 Å². The van der Waals surface area contributed by atoms with Crippen LogP contribution < -0.4 is 10.6 Å². The van der Waals surface area contributed by atoms with Crippen LogP contribution in [0.15, 0.2) is 17.1 Å². The Balaban J connectivity index is 1.51. The van der Waals surface area contributed by atoms with Crippen LogP contribution in [0.3, 0.4) is 0 Å². The van der Waals surface area contributed by atoms with Gasteiger partial charge in [0.2, 0.25) is 5.91 Å². The standard InChI is InChI=1S/C30H56N4O/c1-2-3-4-5-6-7-8-9-10-11-12-13-14-15-16-17-20-28-27-29-33-23-18-21-31-24-25-32-22-19-26-34(29)30(28)35/h16-17,28,31-32H,2-15,18-27H2,1H3/b17-16?,33-29+. The van der Waals surface area contributed by atoms with Gasteiger partial charge in [-0.25, -0.2) is 0 Å². The van der Waals surface area contributed by atoms with Gasteiger partial charge in [0.1, 0.15) is 5.84 Å². The Labute approximate surface area is 217 Å². The molecule has 0 bridgehead atoms. The minimum Gasteiger partial charge on any atom is -0.315 e. The van der Waals surface area contributed by atoms with Crippen molar-refractivity contribution in [1.82, 2.24) is 15.5 Å². The van der Waals surface area contributed by atoms with Gasteiger partial charge in [-0.1, -0.05) is 96.1 Å². The number of hydrogen-bond donors (Lipinski definition) is 2. The van der Waals surface area contributed by atoms with Crippen LogP contribution >= 0.6 is 0 Å². The van der Waals surface area contributed by atoms with E-state index in [9.17, 15) is 4.79 Å². The summed E-state index contributed by atoms with van der Waals surface area (Å²) in [6.45, 7) is 7.87. The van der Waals surface area contributed by atoms with E-state index < -0.39 is 0 Å². The van der Waals surface area contributed by atoms with Gasteiger partial charge >= 0.3 is 0 Å². The van der Waals surface area contributed by atoms with Gasteiger partial charge in [0.15, 0.2) is 0 Å². The van der Waals surface area contributed by atoms with Crippen molar-refractivity contribution in [2.24, 2.45) is 10.9 Å². The molecule has 1 fully saturated rings. The molecule has 2 N–H and O–H groups in total. The highest BCUT2D eigenvalue weighted by Gasteiger charge is 2.35. The smallest absolute Gasteiger partial charge is 0.231 e. The Hall–Kier alpha value is -1.20. The third-order valence-corrected chi connectivity index (χ3v) is 7.44. The second-order valence-electron chi connectivity index (χ2n) is 10.6. The van der Waals surface area contributed by atoms with Crippen LogP contribution in [0.1, 0.15) is 122 Å². The molecule has 0 aromatic rings. The maximum atomic E-state index is 13.0. The quantitative estimate of drug-likeness (QED) is 0.189. The summed E-state index contributed by atoms with van der Waals surface area (Å²) >= 11 is 0. The zero-order valence-electron chi connectivity index (χ0n) is 23.0. The zero-order valence-corrected chi connectivity index (χ0v) is 23.0. The van der Waals surface area contributed by atoms with E-state index in [1.54, 1.807) is 0 Å². The molecule has 2 aliphatic heterocycles. The van der Waals surface area contributed by atoms with Crippen molar-refractivity contribution in [3.63, 3.8) is 0 Å². The lowest BCUT2D eigenvalue weighted by molar-refractivity contribution is -0.129. The minimum absolute atomic E-state index is 0.0932. The van der Waals surface area contributed by atoms with Gasteiger partial charge < -0.3 is 15.5 Å². The summed E-state index contributed by atoms with van der Waals surface area (Å²) in [5.41, 5.74) is 0. The molecule has 1 atom stereocenters. The summed E-state index contributed by atoms with van der Waals surface area (Å²) in [6, 6.07) is 0. The predicted molar refractivity (Wildman–Crippen MR) is 151 cm³/mol. The lowest BCUT2D eigenvalue weighted by atomic mass is 10.0. The first-order valence-electron chi connectivity index (χ1n) is 15.2. The summed E-state index contributed by atoms with van der Waals surface area (Å²) in [7, 11) is 0. The average Bonchev–Trinajstić information content (AvgIpc) is 3.16. The van der Waals surface area contributed by atoms with Gasteiger partial charge in [0, 0.05) is 38.5 Å². The predicted octanol–water partition coefficient (Wildman–Crippen LogP) is 6.63. The molecule has 1 saturated heterocycles. The molecular weight excluding hydrogens is 432 g/mol. The third kappa shape index (κ3) is 14.2. The Kier molecular flexibility index (Phi) is 18.0. The fourth-order valence-electron chi connectivity index (χ4n) is 5.20. The van der Waals surface area contributed by atoms with Gasteiger partial charge in [0.25, 0.3) is 0 Å². The number of carbonyl (C=O) groups is 1. The van der Waals surface area contributed by atoms with E-state index in [1.807, 2.05) is 4.90 Å². The van der Waals surface area contributed by atoms with Crippen molar-refractivity contribution >= 4 is 11.7 Å². The normalized spacial score (nSPS) is 21.9. The van der Waals surface area contributed by atoms with Gasteiger partial charge in [-0.05, 0) is 45.2 Å². The lowest BCUT2D eigenvalue weighted by Crippen LogP contribution is -2.34. The van der Waals surface area contributed by atoms with Crippen molar-refractivity contribution < 1.29 is 4.79 Å². The number of allylic oxidation sites excluding steroid dienone is 2. The lowest BCUT2D eigenvalue weighted by Gasteiger charge is -2.17. The fourth-order valence-corrected chi connectivity index (χ4v) is 5.20. The Morgan fingerprint density at radius 2 is 1.40 bits per heavy atom. The Bertz CT molecular complexity index is 589. The molecule has 202 valence electrons. The molecule has 35 heavy (non-hydrogen) atoms. The number of amidine groups is 1. The maximum absolute atomic E-state index is 13.0. The molecule has 0 saturated carbocycles. The van der Waals surface area contributed by atoms with Crippen LogP contribution in [-0.2, 0) is 4.79 Å². The maximum Gasteiger partial charge on any atom is 0.231 e. The van der Waals surface area contributed by atoms with Crippen LogP contribution in [0.5, 0.6) is 0 Å². The first-order chi connectivity index (χ1) is 17.3. The van der Waals surface area contributed by atoms with E-state index in [2.05, 4.69) is 29.7 Å². The summed E-state index contributed by atoms with van der Waals surface area (Å²) in [4.78, 5) is 19.8. The summed E-state index contributed by atoms with van der Waals surface area (Å²) in [5, 5.41) is 6.92. The molecular formula is C30H56N4O. The molecule has 5 nitrogen and oxygen atoms in total. The number of nitrogens with one attached hydrogen (secondary N) is 2. The zero-order chi connectivity index (χ0) is 24.8. The number of unbranched alkanes of at least 4 members (excludes halogenated alkanes) is 13. The summed E-state index contributed by atoms with van der Waals surface area (Å²) in [5.74, 6) is 1.42. The molecule has 2 heterocycles. The number of hydrogen-bond acceptors (Lipinski definition) is 4. The number of rotatable bonds is 16. The first kappa shape index (κ1) is 30.0. The molecule has 5 heteroatoms. The van der Waals surface area contributed by atoms with Crippen LogP contribution in [0.25, 0.3) is 0 Å². The number of nitrogens with zero attached hydrogens (tertiary/aromatic N) is 2. The number of amides is 1. The van der Waals surface area contributed by atoms with E-state index in [0.29, 0.717) is 5.91 Å². The van der Waals surface area contributed by atoms with Crippen molar-refractivity contribution in [2.45, 2.75) is 122 Å². The molecule has 0 aromatic heterocycles. The van der Waals surface area contributed by atoms with E-state index in [4.69, 9.17) is 4.99 Å². The van der Waals surface area contributed by atoms with Crippen molar-refractivity contribution in [2.75, 3.05) is 39.3 Å².